The summed E-state index contributed by atoms with van der Waals surface area (Å²) in [5.41, 5.74) is -0.590. The van der Waals surface area contributed by atoms with Crippen LogP contribution in [0.4, 0.5) is 5.82 Å². The number of anilines is 1. The molecule has 0 aromatic carbocycles. The molecule has 0 aliphatic carbocycles. The van der Waals surface area contributed by atoms with E-state index in [4.69, 9.17) is 0 Å². The molecule has 0 spiro atoms. The Balaban J connectivity index is 2.94. The lowest BCUT2D eigenvalue weighted by molar-refractivity contribution is -0.144. The van der Waals surface area contributed by atoms with E-state index in [1.54, 1.807) is 25.1 Å². The molecule has 0 saturated carbocycles. The van der Waals surface area contributed by atoms with Crippen LogP contribution in [0.2, 0.25) is 0 Å². The van der Waals surface area contributed by atoms with Crippen molar-refractivity contribution in [3.05, 3.63) is 23.9 Å². The van der Waals surface area contributed by atoms with E-state index < -0.39 is 11.4 Å². The number of carboxylic acids is 1. The number of aromatic nitrogens is 1. The highest BCUT2D eigenvalue weighted by atomic mass is 16.4. The summed E-state index contributed by atoms with van der Waals surface area (Å²) in [5, 5.41) is 12.4. The number of pyridine rings is 1. The first kappa shape index (κ1) is 19.1. The molecule has 1 atom stereocenters. The molecule has 0 bridgehead atoms. The maximum absolute atomic E-state index is 11.9. The van der Waals surface area contributed by atoms with Crippen LogP contribution in [0.15, 0.2) is 18.2 Å². The zero-order valence-corrected chi connectivity index (χ0v) is 14.7. The molecule has 0 fully saturated rings. The SMILES string of the molecule is CC(C)CCC(=O)Nc1cccc(C(C)(CC(C)C)C(=O)O)n1. The number of carbonyl (C=O) groups is 2. The van der Waals surface area contributed by atoms with Crippen LogP contribution in [0.3, 0.4) is 0 Å². The summed E-state index contributed by atoms with van der Waals surface area (Å²) < 4.78 is 0. The number of carboxylic acid groups (broad SMARTS) is 1. The molecule has 1 aromatic heterocycles. The van der Waals surface area contributed by atoms with Crippen LogP contribution in [0.25, 0.3) is 0 Å². The van der Waals surface area contributed by atoms with Crippen LogP contribution >= 0.6 is 0 Å². The predicted octanol–water partition coefficient (Wildman–Crippen LogP) is 3.84. The molecule has 0 aliphatic heterocycles. The fraction of sp³-hybridized carbons (Fsp3) is 0.611. The smallest absolute Gasteiger partial charge is 0.315 e. The van der Waals surface area contributed by atoms with Gasteiger partial charge < -0.3 is 10.4 Å². The van der Waals surface area contributed by atoms with Crippen molar-refractivity contribution in [1.29, 1.82) is 0 Å². The van der Waals surface area contributed by atoms with Gasteiger partial charge in [0.25, 0.3) is 0 Å². The second-order valence-electron chi connectivity index (χ2n) is 7.12. The summed E-state index contributed by atoms with van der Waals surface area (Å²) in [6, 6.07) is 5.14. The van der Waals surface area contributed by atoms with Gasteiger partial charge in [0.15, 0.2) is 0 Å². The van der Waals surface area contributed by atoms with E-state index in [-0.39, 0.29) is 11.8 Å². The predicted molar refractivity (Wildman–Crippen MR) is 91.4 cm³/mol. The van der Waals surface area contributed by atoms with Crippen molar-refractivity contribution in [1.82, 2.24) is 4.98 Å². The molecule has 0 aliphatic rings. The maximum atomic E-state index is 11.9. The van der Waals surface area contributed by atoms with Gasteiger partial charge in [0.2, 0.25) is 5.91 Å². The van der Waals surface area contributed by atoms with Crippen molar-refractivity contribution in [2.75, 3.05) is 5.32 Å². The van der Waals surface area contributed by atoms with Crippen molar-refractivity contribution in [2.24, 2.45) is 11.8 Å². The van der Waals surface area contributed by atoms with E-state index in [0.717, 1.165) is 6.42 Å². The number of aliphatic carboxylic acids is 1. The Morgan fingerprint density at radius 2 is 1.87 bits per heavy atom. The maximum Gasteiger partial charge on any atom is 0.315 e. The monoisotopic (exact) mass is 320 g/mol. The lowest BCUT2D eigenvalue weighted by atomic mass is 9.79. The first-order chi connectivity index (χ1) is 10.6. The van der Waals surface area contributed by atoms with Gasteiger partial charge in [0.05, 0.1) is 5.69 Å². The van der Waals surface area contributed by atoms with Crippen molar-refractivity contribution >= 4 is 17.7 Å². The van der Waals surface area contributed by atoms with Gasteiger partial charge >= 0.3 is 5.97 Å². The van der Waals surface area contributed by atoms with Crippen LogP contribution in [0, 0.1) is 11.8 Å². The topological polar surface area (TPSA) is 79.3 Å². The van der Waals surface area contributed by atoms with E-state index in [9.17, 15) is 14.7 Å². The number of amides is 1. The largest absolute Gasteiger partial charge is 0.481 e. The highest BCUT2D eigenvalue weighted by Crippen LogP contribution is 2.30. The van der Waals surface area contributed by atoms with Gasteiger partial charge in [-0.05, 0) is 43.7 Å². The molecule has 1 heterocycles. The summed E-state index contributed by atoms with van der Waals surface area (Å²) in [5.74, 6) is 0.0993. The van der Waals surface area contributed by atoms with Gasteiger partial charge in [-0.3, -0.25) is 9.59 Å². The lowest BCUT2D eigenvalue weighted by Crippen LogP contribution is -2.35. The normalized spacial score (nSPS) is 13.9. The molecule has 1 aromatic rings. The van der Waals surface area contributed by atoms with Crippen molar-refractivity contribution in [2.45, 2.75) is 59.3 Å². The summed E-state index contributed by atoms with van der Waals surface area (Å²) >= 11 is 0. The average molecular weight is 320 g/mol. The molecule has 128 valence electrons. The Kier molecular flexibility index (Phi) is 6.73. The third-order valence-corrected chi connectivity index (χ3v) is 3.82. The summed E-state index contributed by atoms with van der Waals surface area (Å²) in [4.78, 5) is 28.0. The minimum Gasteiger partial charge on any atom is -0.481 e. The average Bonchev–Trinajstić information content (AvgIpc) is 2.44. The Morgan fingerprint density at radius 3 is 2.39 bits per heavy atom. The number of nitrogens with zero attached hydrogens (tertiary/aromatic N) is 1. The minimum atomic E-state index is -1.06. The Morgan fingerprint density at radius 1 is 1.22 bits per heavy atom. The lowest BCUT2D eigenvalue weighted by Gasteiger charge is -2.26. The van der Waals surface area contributed by atoms with E-state index >= 15 is 0 Å². The molecule has 23 heavy (non-hydrogen) atoms. The fourth-order valence-corrected chi connectivity index (χ4v) is 2.55. The summed E-state index contributed by atoms with van der Waals surface area (Å²) in [7, 11) is 0. The zero-order valence-electron chi connectivity index (χ0n) is 14.7. The highest BCUT2D eigenvalue weighted by molar-refractivity contribution is 5.89. The molecule has 5 heteroatoms. The van der Waals surface area contributed by atoms with Crippen LogP contribution in [0.1, 0.15) is 59.6 Å². The van der Waals surface area contributed by atoms with Gasteiger partial charge in [-0.1, -0.05) is 33.8 Å². The quantitative estimate of drug-likeness (QED) is 0.762. The Hall–Kier alpha value is -1.91. The second-order valence-corrected chi connectivity index (χ2v) is 7.12. The second kappa shape index (κ2) is 8.09. The Labute approximate surface area is 138 Å². The van der Waals surface area contributed by atoms with Gasteiger partial charge in [0.1, 0.15) is 11.2 Å². The molecule has 1 amide bonds. The first-order valence-electron chi connectivity index (χ1n) is 8.16. The standard InChI is InChI=1S/C18H28N2O3/c1-12(2)9-10-16(21)20-15-8-6-7-14(19-15)18(5,17(22)23)11-13(3)4/h6-8,12-13H,9-11H2,1-5H3,(H,22,23)(H,19,20,21). The number of carbonyl (C=O) groups excluding carboxylic acids is 1. The number of nitrogens with one attached hydrogen (secondary N) is 1. The number of hydrogen-bond acceptors (Lipinski definition) is 3. The van der Waals surface area contributed by atoms with Crippen molar-refractivity contribution < 1.29 is 14.7 Å². The van der Waals surface area contributed by atoms with Crippen LogP contribution in [0.5, 0.6) is 0 Å². The van der Waals surface area contributed by atoms with Crippen molar-refractivity contribution in [3.63, 3.8) is 0 Å². The molecule has 1 rings (SSSR count). The number of rotatable bonds is 8. The van der Waals surface area contributed by atoms with Crippen LogP contribution in [-0.2, 0) is 15.0 Å². The minimum absolute atomic E-state index is 0.0933. The molecule has 0 radical (unpaired) electrons. The van der Waals surface area contributed by atoms with E-state index in [1.807, 2.05) is 13.8 Å². The van der Waals surface area contributed by atoms with Gasteiger partial charge in [-0.25, -0.2) is 4.98 Å². The first-order valence-corrected chi connectivity index (χ1v) is 8.16. The van der Waals surface area contributed by atoms with Crippen LogP contribution < -0.4 is 5.32 Å². The molecule has 2 N–H and O–H groups in total. The van der Waals surface area contributed by atoms with Crippen molar-refractivity contribution in [3.8, 4) is 0 Å². The van der Waals surface area contributed by atoms with Crippen LogP contribution in [-0.4, -0.2) is 22.0 Å². The van der Waals surface area contributed by atoms with E-state index in [1.165, 1.54) is 0 Å². The highest BCUT2D eigenvalue weighted by Gasteiger charge is 2.37. The Bertz CT molecular complexity index is 555. The van der Waals surface area contributed by atoms with E-state index in [0.29, 0.717) is 30.3 Å². The fourth-order valence-electron chi connectivity index (χ4n) is 2.55. The third-order valence-electron chi connectivity index (χ3n) is 3.82. The summed E-state index contributed by atoms with van der Waals surface area (Å²) in [6.45, 7) is 9.78. The van der Waals surface area contributed by atoms with Gasteiger partial charge in [0, 0.05) is 6.42 Å². The molecular formula is C18H28N2O3. The number of hydrogen-bond donors (Lipinski definition) is 2. The zero-order chi connectivity index (χ0) is 17.6. The van der Waals surface area contributed by atoms with Gasteiger partial charge in [-0.2, -0.15) is 0 Å². The molecule has 0 saturated heterocycles. The van der Waals surface area contributed by atoms with Gasteiger partial charge in [-0.15, -0.1) is 0 Å². The third kappa shape index (κ3) is 5.66. The molecular weight excluding hydrogens is 292 g/mol. The molecule has 5 nitrogen and oxygen atoms in total. The summed E-state index contributed by atoms with van der Waals surface area (Å²) in [6.07, 6.45) is 1.73. The van der Waals surface area contributed by atoms with E-state index in [2.05, 4.69) is 24.1 Å². The molecule has 1 unspecified atom stereocenters.